The minimum absolute atomic E-state index is 0.177. The molecule has 1 heterocycles. The first kappa shape index (κ1) is 14.1. The van der Waals surface area contributed by atoms with Gasteiger partial charge in [-0.25, -0.2) is 9.59 Å². The number of hydrogen-bond acceptors (Lipinski definition) is 4. The molecule has 1 aromatic rings. The number of ether oxygens (including phenoxy) is 2. The number of hydrogen-bond donors (Lipinski definition) is 0. The predicted octanol–water partition coefficient (Wildman–Crippen LogP) is 3.32. The van der Waals surface area contributed by atoms with E-state index in [4.69, 9.17) is 21.1 Å². The molecule has 0 aliphatic carbocycles. The SMILES string of the molecule is CC1(C)OC(=O)C(=Cc2ccc(Br)cc2Cl)C(=O)O1. The molecular weight excluding hydrogens is 335 g/mol. The van der Waals surface area contributed by atoms with Crippen LogP contribution >= 0.6 is 27.5 Å². The minimum atomic E-state index is -1.24. The maximum absolute atomic E-state index is 11.8. The van der Waals surface area contributed by atoms with Crippen molar-refractivity contribution in [3.8, 4) is 0 Å². The van der Waals surface area contributed by atoms with E-state index in [9.17, 15) is 9.59 Å². The third kappa shape index (κ3) is 3.16. The second-order valence-corrected chi connectivity index (χ2v) is 5.73. The molecule has 0 radical (unpaired) electrons. The van der Waals surface area contributed by atoms with Crippen molar-refractivity contribution in [2.24, 2.45) is 0 Å². The zero-order valence-corrected chi connectivity index (χ0v) is 12.5. The first-order chi connectivity index (χ1) is 8.78. The Balaban J connectivity index is 2.38. The lowest BCUT2D eigenvalue weighted by Gasteiger charge is -2.29. The van der Waals surface area contributed by atoms with Gasteiger partial charge in [0.2, 0.25) is 0 Å². The molecule has 1 aliphatic rings. The average molecular weight is 346 g/mol. The Bertz CT molecular complexity index is 570. The summed E-state index contributed by atoms with van der Waals surface area (Å²) in [5.74, 6) is -2.69. The van der Waals surface area contributed by atoms with Crippen LogP contribution < -0.4 is 0 Å². The maximum atomic E-state index is 11.8. The summed E-state index contributed by atoms with van der Waals surface area (Å²) < 4.78 is 10.8. The van der Waals surface area contributed by atoms with E-state index in [1.54, 1.807) is 18.2 Å². The largest absolute Gasteiger partial charge is 0.419 e. The second kappa shape index (κ2) is 4.98. The first-order valence-corrected chi connectivity index (χ1v) is 6.59. The number of halogens is 2. The summed E-state index contributed by atoms with van der Waals surface area (Å²) in [6.45, 7) is 2.98. The van der Waals surface area contributed by atoms with Crippen LogP contribution in [0.25, 0.3) is 6.08 Å². The highest BCUT2D eigenvalue weighted by Crippen LogP contribution is 2.27. The summed E-state index contributed by atoms with van der Waals surface area (Å²) in [6, 6.07) is 5.10. The molecule has 19 heavy (non-hydrogen) atoms. The van der Waals surface area contributed by atoms with E-state index in [1.165, 1.54) is 19.9 Å². The van der Waals surface area contributed by atoms with E-state index in [0.717, 1.165) is 4.47 Å². The van der Waals surface area contributed by atoms with Gasteiger partial charge in [0.25, 0.3) is 5.79 Å². The molecule has 0 atom stereocenters. The Labute approximate surface area is 123 Å². The molecule has 0 N–H and O–H groups in total. The zero-order chi connectivity index (χ0) is 14.2. The number of carbonyl (C=O) groups excluding carboxylic acids is 2. The highest BCUT2D eigenvalue weighted by molar-refractivity contribution is 9.10. The second-order valence-electron chi connectivity index (χ2n) is 4.40. The Morgan fingerprint density at radius 3 is 2.32 bits per heavy atom. The number of carbonyl (C=O) groups is 2. The fraction of sp³-hybridized carbons (Fsp3) is 0.231. The summed E-state index contributed by atoms with van der Waals surface area (Å²) >= 11 is 9.29. The highest BCUT2D eigenvalue weighted by Gasteiger charge is 2.38. The van der Waals surface area contributed by atoms with Crippen LogP contribution in [0.4, 0.5) is 0 Å². The van der Waals surface area contributed by atoms with Crippen molar-refractivity contribution >= 4 is 45.5 Å². The van der Waals surface area contributed by atoms with E-state index >= 15 is 0 Å². The van der Waals surface area contributed by atoms with Gasteiger partial charge < -0.3 is 9.47 Å². The number of cyclic esters (lactones) is 2. The fourth-order valence-corrected chi connectivity index (χ4v) is 2.28. The monoisotopic (exact) mass is 344 g/mol. The van der Waals surface area contributed by atoms with Crippen LogP contribution in [0.5, 0.6) is 0 Å². The van der Waals surface area contributed by atoms with Gasteiger partial charge in [-0.15, -0.1) is 0 Å². The van der Waals surface area contributed by atoms with Gasteiger partial charge in [-0.1, -0.05) is 33.6 Å². The quantitative estimate of drug-likeness (QED) is 0.445. The van der Waals surface area contributed by atoms with E-state index in [0.29, 0.717) is 10.6 Å². The summed E-state index contributed by atoms with van der Waals surface area (Å²) in [4.78, 5) is 23.5. The van der Waals surface area contributed by atoms with Gasteiger partial charge >= 0.3 is 11.9 Å². The molecule has 1 aromatic carbocycles. The Morgan fingerprint density at radius 2 is 1.79 bits per heavy atom. The van der Waals surface area contributed by atoms with Gasteiger partial charge in [-0.05, 0) is 23.8 Å². The number of benzene rings is 1. The van der Waals surface area contributed by atoms with Crippen LogP contribution in [0.2, 0.25) is 5.02 Å². The van der Waals surface area contributed by atoms with Gasteiger partial charge in [-0.2, -0.15) is 0 Å². The van der Waals surface area contributed by atoms with Crippen LogP contribution in [0, 0.1) is 0 Å². The third-order valence-electron chi connectivity index (χ3n) is 2.38. The maximum Gasteiger partial charge on any atom is 0.348 e. The van der Waals surface area contributed by atoms with Gasteiger partial charge in [0.1, 0.15) is 5.57 Å². The minimum Gasteiger partial charge on any atom is -0.419 e. The van der Waals surface area contributed by atoms with Crippen LogP contribution in [0.15, 0.2) is 28.2 Å². The van der Waals surface area contributed by atoms with Crippen molar-refractivity contribution in [1.82, 2.24) is 0 Å². The van der Waals surface area contributed by atoms with Gasteiger partial charge in [-0.3, -0.25) is 0 Å². The van der Waals surface area contributed by atoms with Crippen molar-refractivity contribution in [3.63, 3.8) is 0 Å². The van der Waals surface area contributed by atoms with Gasteiger partial charge in [0.05, 0.1) is 0 Å². The van der Waals surface area contributed by atoms with E-state index in [2.05, 4.69) is 15.9 Å². The summed E-state index contributed by atoms with van der Waals surface area (Å²) in [5.41, 5.74) is 0.358. The molecule has 0 unspecified atom stereocenters. The van der Waals surface area contributed by atoms with E-state index < -0.39 is 17.7 Å². The van der Waals surface area contributed by atoms with Crippen LogP contribution in [0.3, 0.4) is 0 Å². The standard InChI is InChI=1S/C13H10BrClO4/c1-13(2)18-11(16)9(12(17)19-13)5-7-3-4-8(14)6-10(7)15/h3-6H,1-2H3. The molecule has 1 saturated heterocycles. The van der Waals surface area contributed by atoms with Crippen LogP contribution in [-0.2, 0) is 19.1 Å². The lowest BCUT2D eigenvalue weighted by molar-refractivity contribution is -0.222. The molecule has 0 amide bonds. The third-order valence-corrected chi connectivity index (χ3v) is 3.20. The smallest absolute Gasteiger partial charge is 0.348 e. The van der Waals surface area contributed by atoms with E-state index in [-0.39, 0.29) is 5.57 Å². The van der Waals surface area contributed by atoms with Gasteiger partial charge in [0, 0.05) is 23.3 Å². The van der Waals surface area contributed by atoms with Crippen molar-refractivity contribution in [2.45, 2.75) is 19.6 Å². The highest BCUT2D eigenvalue weighted by atomic mass is 79.9. The molecule has 1 aliphatic heterocycles. The van der Waals surface area contributed by atoms with Gasteiger partial charge in [0.15, 0.2) is 0 Å². The summed E-state index contributed by atoms with van der Waals surface area (Å²) in [7, 11) is 0. The molecule has 0 bridgehead atoms. The number of rotatable bonds is 1. The molecule has 100 valence electrons. The molecule has 1 fully saturated rings. The Kier molecular flexibility index (Phi) is 3.69. The lowest BCUT2D eigenvalue weighted by Crippen LogP contribution is -2.41. The normalized spacial score (nSPS) is 17.8. The zero-order valence-electron chi connectivity index (χ0n) is 10.2. The molecule has 0 saturated carbocycles. The molecule has 0 aromatic heterocycles. The predicted molar refractivity (Wildman–Crippen MR) is 73.4 cm³/mol. The molecule has 2 rings (SSSR count). The van der Waals surface area contributed by atoms with Crippen molar-refractivity contribution in [3.05, 3.63) is 38.8 Å². The first-order valence-electron chi connectivity index (χ1n) is 5.42. The Morgan fingerprint density at radius 1 is 1.21 bits per heavy atom. The fourth-order valence-electron chi connectivity index (χ4n) is 1.55. The molecule has 0 spiro atoms. The van der Waals surface area contributed by atoms with Crippen LogP contribution in [-0.4, -0.2) is 17.7 Å². The van der Waals surface area contributed by atoms with Crippen molar-refractivity contribution in [1.29, 1.82) is 0 Å². The summed E-state index contributed by atoms with van der Waals surface area (Å²) in [5, 5.41) is 0.410. The van der Waals surface area contributed by atoms with Crippen molar-refractivity contribution < 1.29 is 19.1 Å². The van der Waals surface area contributed by atoms with E-state index in [1.807, 2.05) is 0 Å². The average Bonchev–Trinajstić information content (AvgIpc) is 2.24. The summed E-state index contributed by atoms with van der Waals surface area (Å²) in [6.07, 6.45) is 1.36. The van der Waals surface area contributed by atoms with Crippen LogP contribution in [0.1, 0.15) is 19.4 Å². The molecular formula is C13H10BrClO4. The molecule has 6 heteroatoms. The topological polar surface area (TPSA) is 52.6 Å². The Hall–Kier alpha value is -1.33. The molecule has 4 nitrogen and oxygen atoms in total. The number of esters is 2. The van der Waals surface area contributed by atoms with Crippen molar-refractivity contribution in [2.75, 3.05) is 0 Å². The lowest BCUT2D eigenvalue weighted by atomic mass is 10.1.